The molecule has 0 aromatic heterocycles. The highest BCUT2D eigenvalue weighted by atomic mass is 35.5. The second kappa shape index (κ2) is 6.29. The number of hydrogen-bond donors (Lipinski definition) is 1. The van der Waals surface area contributed by atoms with Crippen molar-refractivity contribution in [2.45, 2.75) is 12.5 Å². The van der Waals surface area contributed by atoms with E-state index in [0.717, 1.165) is 11.3 Å². The molecule has 0 radical (unpaired) electrons. The van der Waals surface area contributed by atoms with Gasteiger partial charge in [-0.25, -0.2) is 0 Å². The van der Waals surface area contributed by atoms with Gasteiger partial charge in [0.15, 0.2) is 0 Å². The number of aliphatic hydroxyl groups is 1. The minimum Gasteiger partial charge on any atom is -0.497 e. The first kappa shape index (κ1) is 14.2. The Labute approximate surface area is 122 Å². The minimum absolute atomic E-state index is 0.408. The summed E-state index contributed by atoms with van der Waals surface area (Å²) in [5.74, 6) is 0.791. The fraction of sp³-hybridized carbons (Fsp3) is 0.200. The molecule has 2 rings (SSSR count). The third-order valence-electron chi connectivity index (χ3n) is 2.93. The summed E-state index contributed by atoms with van der Waals surface area (Å²) in [4.78, 5) is 0. The van der Waals surface area contributed by atoms with E-state index in [2.05, 4.69) is 0 Å². The third-order valence-corrected chi connectivity index (χ3v) is 3.76. The lowest BCUT2D eigenvalue weighted by molar-refractivity contribution is 0.178. The molecule has 1 N–H and O–H groups in total. The van der Waals surface area contributed by atoms with E-state index >= 15 is 0 Å². The molecule has 0 fully saturated rings. The van der Waals surface area contributed by atoms with Crippen LogP contribution in [0.4, 0.5) is 0 Å². The van der Waals surface area contributed by atoms with Crippen LogP contribution in [0.2, 0.25) is 10.0 Å². The summed E-state index contributed by atoms with van der Waals surface area (Å²) in [5, 5.41) is 11.1. The first-order valence-electron chi connectivity index (χ1n) is 5.86. The summed E-state index contributed by atoms with van der Waals surface area (Å²) in [6.07, 6.45) is -0.205. The minimum atomic E-state index is -0.681. The Morgan fingerprint density at radius 1 is 1.11 bits per heavy atom. The van der Waals surface area contributed by atoms with Crippen molar-refractivity contribution in [3.63, 3.8) is 0 Å². The monoisotopic (exact) mass is 296 g/mol. The molecule has 4 heteroatoms. The number of ether oxygens (including phenoxy) is 1. The topological polar surface area (TPSA) is 29.5 Å². The van der Waals surface area contributed by atoms with E-state index in [4.69, 9.17) is 27.9 Å². The number of hydrogen-bond acceptors (Lipinski definition) is 2. The molecule has 1 unspecified atom stereocenters. The second-order valence-corrected chi connectivity index (χ2v) is 5.00. The molecular weight excluding hydrogens is 283 g/mol. The first-order chi connectivity index (χ1) is 9.11. The van der Waals surface area contributed by atoms with Crippen molar-refractivity contribution in [1.29, 1.82) is 0 Å². The number of benzene rings is 2. The van der Waals surface area contributed by atoms with Gasteiger partial charge in [0.25, 0.3) is 0 Å². The Balaban J connectivity index is 2.15. The van der Waals surface area contributed by atoms with Gasteiger partial charge in [-0.05, 0) is 23.8 Å². The molecule has 0 saturated carbocycles. The van der Waals surface area contributed by atoms with Crippen LogP contribution in [0, 0.1) is 0 Å². The van der Waals surface area contributed by atoms with Crippen LogP contribution >= 0.6 is 23.2 Å². The molecule has 0 spiro atoms. The summed E-state index contributed by atoms with van der Waals surface area (Å²) in [5.41, 5.74) is 1.65. The highest BCUT2D eigenvalue weighted by Crippen LogP contribution is 2.31. The maximum atomic E-state index is 10.2. The average molecular weight is 297 g/mol. The number of halogens is 2. The van der Waals surface area contributed by atoms with Crippen molar-refractivity contribution < 1.29 is 9.84 Å². The van der Waals surface area contributed by atoms with Crippen molar-refractivity contribution in [1.82, 2.24) is 0 Å². The molecule has 100 valence electrons. The molecule has 0 amide bonds. The van der Waals surface area contributed by atoms with E-state index in [0.29, 0.717) is 22.0 Å². The van der Waals surface area contributed by atoms with Gasteiger partial charge in [0.1, 0.15) is 5.75 Å². The van der Waals surface area contributed by atoms with Gasteiger partial charge in [-0.3, -0.25) is 0 Å². The fourth-order valence-corrected chi connectivity index (χ4v) is 2.31. The molecule has 19 heavy (non-hydrogen) atoms. The van der Waals surface area contributed by atoms with Crippen LogP contribution in [0.25, 0.3) is 0 Å². The molecule has 2 aromatic rings. The van der Waals surface area contributed by atoms with E-state index in [-0.39, 0.29) is 0 Å². The zero-order valence-corrected chi connectivity index (χ0v) is 11.9. The van der Waals surface area contributed by atoms with Crippen LogP contribution in [0.3, 0.4) is 0 Å². The number of methoxy groups -OCH3 is 1. The highest BCUT2D eigenvalue weighted by molar-refractivity contribution is 6.42. The summed E-state index contributed by atoms with van der Waals surface area (Å²) >= 11 is 12.0. The summed E-state index contributed by atoms with van der Waals surface area (Å²) in [6.45, 7) is 0. The van der Waals surface area contributed by atoms with Crippen LogP contribution in [-0.4, -0.2) is 12.2 Å². The fourth-order valence-electron chi connectivity index (χ4n) is 1.87. The van der Waals surface area contributed by atoms with E-state index in [1.807, 2.05) is 24.3 Å². The highest BCUT2D eigenvalue weighted by Gasteiger charge is 2.14. The van der Waals surface area contributed by atoms with Gasteiger partial charge in [0.2, 0.25) is 0 Å². The van der Waals surface area contributed by atoms with Crippen LogP contribution in [0.15, 0.2) is 42.5 Å². The molecule has 0 aliphatic heterocycles. The smallest absolute Gasteiger partial charge is 0.118 e. The molecule has 2 aromatic carbocycles. The Morgan fingerprint density at radius 2 is 1.79 bits per heavy atom. The van der Waals surface area contributed by atoms with Gasteiger partial charge < -0.3 is 9.84 Å². The van der Waals surface area contributed by atoms with E-state index < -0.39 is 6.10 Å². The molecule has 0 bridgehead atoms. The van der Waals surface area contributed by atoms with Crippen LogP contribution < -0.4 is 4.74 Å². The molecule has 0 saturated heterocycles. The molecule has 0 aliphatic rings. The maximum absolute atomic E-state index is 10.2. The van der Waals surface area contributed by atoms with Crippen molar-refractivity contribution in [2.75, 3.05) is 7.11 Å². The van der Waals surface area contributed by atoms with Crippen molar-refractivity contribution in [2.24, 2.45) is 0 Å². The van der Waals surface area contributed by atoms with Crippen molar-refractivity contribution >= 4 is 23.2 Å². The van der Waals surface area contributed by atoms with Gasteiger partial charge in [0, 0.05) is 12.0 Å². The summed E-state index contributed by atoms with van der Waals surface area (Å²) in [6, 6.07) is 12.8. The first-order valence-corrected chi connectivity index (χ1v) is 6.62. The Bertz CT molecular complexity index is 553. The SMILES string of the molecule is COc1ccc(CC(O)c2cccc(Cl)c2Cl)cc1. The normalized spacial score (nSPS) is 12.2. The van der Waals surface area contributed by atoms with E-state index in [9.17, 15) is 5.11 Å². The largest absolute Gasteiger partial charge is 0.497 e. The summed E-state index contributed by atoms with van der Waals surface area (Å²) < 4.78 is 5.09. The Kier molecular flexibility index (Phi) is 4.70. The summed E-state index contributed by atoms with van der Waals surface area (Å²) in [7, 11) is 1.62. The Morgan fingerprint density at radius 3 is 2.42 bits per heavy atom. The lowest BCUT2D eigenvalue weighted by Gasteiger charge is -2.13. The van der Waals surface area contributed by atoms with Gasteiger partial charge in [-0.15, -0.1) is 0 Å². The molecule has 1 atom stereocenters. The molecule has 0 aliphatic carbocycles. The second-order valence-electron chi connectivity index (χ2n) is 4.21. The van der Waals surface area contributed by atoms with Crippen LogP contribution in [0.1, 0.15) is 17.2 Å². The van der Waals surface area contributed by atoms with Gasteiger partial charge in [-0.1, -0.05) is 47.5 Å². The number of rotatable bonds is 4. The van der Waals surface area contributed by atoms with E-state index in [1.54, 1.807) is 25.3 Å². The predicted molar refractivity (Wildman–Crippen MR) is 78.1 cm³/mol. The van der Waals surface area contributed by atoms with E-state index in [1.165, 1.54) is 0 Å². The lowest BCUT2D eigenvalue weighted by atomic mass is 10.0. The van der Waals surface area contributed by atoms with Crippen LogP contribution in [0.5, 0.6) is 5.75 Å². The zero-order valence-electron chi connectivity index (χ0n) is 10.4. The maximum Gasteiger partial charge on any atom is 0.118 e. The predicted octanol–water partition coefficient (Wildman–Crippen LogP) is 4.28. The molecule has 2 nitrogen and oxygen atoms in total. The van der Waals surface area contributed by atoms with Gasteiger partial charge in [0.05, 0.1) is 23.3 Å². The third kappa shape index (κ3) is 3.41. The number of aliphatic hydroxyl groups excluding tert-OH is 1. The van der Waals surface area contributed by atoms with Crippen molar-refractivity contribution in [3.05, 3.63) is 63.6 Å². The zero-order chi connectivity index (χ0) is 13.8. The van der Waals surface area contributed by atoms with Crippen molar-refractivity contribution in [3.8, 4) is 5.75 Å². The molecule has 0 heterocycles. The quantitative estimate of drug-likeness (QED) is 0.912. The standard InChI is InChI=1S/C15H14Cl2O2/c1-19-11-7-5-10(6-8-11)9-14(18)12-3-2-4-13(16)15(12)17/h2-8,14,18H,9H2,1H3. The van der Waals surface area contributed by atoms with Gasteiger partial charge in [-0.2, -0.15) is 0 Å². The molecular formula is C15H14Cl2O2. The van der Waals surface area contributed by atoms with Gasteiger partial charge >= 0.3 is 0 Å². The Hall–Kier alpha value is -1.22. The average Bonchev–Trinajstić information content (AvgIpc) is 2.42. The lowest BCUT2D eigenvalue weighted by Crippen LogP contribution is -2.02. The van der Waals surface area contributed by atoms with Crippen LogP contribution in [-0.2, 0) is 6.42 Å².